The molecule has 0 saturated carbocycles. The number of hydrogen-bond donors (Lipinski definition) is 2. The number of carboxylic acids is 1. The fourth-order valence-electron chi connectivity index (χ4n) is 3.47. The highest BCUT2D eigenvalue weighted by Gasteiger charge is 2.38. The first kappa shape index (κ1) is 23.4. The van der Waals surface area contributed by atoms with Gasteiger partial charge in [-0.05, 0) is 49.5 Å². The molecule has 3 heterocycles. The summed E-state index contributed by atoms with van der Waals surface area (Å²) in [5, 5.41) is 21.6. The molecule has 0 aliphatic carbocycles. The van der Waals surface area contributed by atoms with Crippen LogP contribution in [0.25, 0.3) is 0 Å². The van der Waals surface area contributed by atoms with Crippen LogP contribution in [0.2, 0.25) is 0 Å². The molecular weight excluding hydrogens is 433 g/mol. The second-order valence-corrected chi connectivity index (χ2v) is 8.61. The van der Waals surface area contributed by atoms with E-state index in [-0.39, 0.29) is 0 Å². The normalized spacial score (nSPS) is 18.1. The molecule has 2 aromatic rings. The standard InChI is InChI=1S/C18H24N4OS.C2HF3O2/c1-23-16-4-2-3-14(9-16)13-5-7-22(8-6-13)12-17-20-21-18(24-17)15-10-19-11-15;3-2(4,5)1(6)7/h2-4,9,13,15,19H,5-8,10-12H2,1H3;(H,6,7). The first-order valence-corrected chi connectivity index (χ1v) is 10.8. The van der Waals surface area contributed by atoms with Crippen molar-refractivity contribution in [3.63, 3.8) is 0 Å². The molecule has 170 valence electrons. The summed E-state index contributed by atoms with van der Waals surface area (Å²) >= 11 is 1.79. The van der Waals surface area contributed by atoms with E-state index >= 15 is 0 Å². The monoisotopic (exact) mass is 458 g/mol. The van der Waals surface area contributed by atoms with Crippen molar-refractivity contribution in [2.24, 2.45) is 0 Å². The van der Waals surface area contributed by atoms with E-state index in [0.29, 0.717) is 11.8 Å². The van der Waals surface area contributed by atoms with E-state index in [1.165, 1.54) is 23.4 Å². The highest BCUT2D eigenvalue weighted by Crippen LogP contribution is 2.31. The lowest BCUT2D eigenvalue weighted by Crippen LogP contribution is -2.39. The van der Waals surface area contributed by atoms with E-state index in [9.17, 15) is 13.2 Å². The van der Waals surface area contributed by atoms with Gasteiger partial charge in [0.05, 0.1) is 13.7 Å². The zero-order valence-electron chi connectivity index (χ0n) is 17.1. The first-order valence-electron chi connectivity index (χ1n) is 9.95. The third-order valence-corrected chi connectivity index (χ3v) is 6.44. The van der Waals surface area contributed by atoms with E-state index in [1.54, 1.807) is 18.4 Å². The van der Waals surface area contributed by atoms with Crippen molar-refractivity contribution >= 4 is 17.3 Å². The Kier molecular flexibility index (Phi) is 7.84. The van der Waals surface area contributed by atoms with Gasteiger partial charge in [0.15, 0.2) is 0 Å². The van der Waals surface area contributed by atoms with Crippen LogP contribution >= 0.6 is 11.3 Å². The first-order chi connectivity index (χ1) is 14.8. The second kappa shape index (κ2) is 10.4. The average molecular weight is 459 g/mol. The number of likely N-dealkylation sites (tertiary alicyclic amines) is 1. The van der Waals surface area contributed by atoms with Crippen LogP contribution < -0.4 is 10.1 Å². The topological polar surface area (TPSA) is 87.6 Å². The minimum atomic E-state index is -5.08. The van der Waals surface area contributed by atoms with Crippen LogP contribution in [0, 0.1) is 0 Å². The molecule has 0 radical (unpaired) electrons. The number of piperidine rings is 1. The van der Waals surface area contributed by atoms with Crippen molar-refractivity contribution in [3.05, 3.63) is 39.8 Å². The summed E-state index contributed by atoms with van der Waals surface area (Å²) < 4.78 is 37.1. The van der Waals surface area contributed by atoms with Gasteiger partial charge in [-0.1, -0.05) is 23.5 Å². The number of alkyl halides is 3. The lowest BCUT2D eigenvalue weighted by atomic mass is 9.89. The van der Waals surface area contributed by atoms with Crippen molar-refractivity contribution in [1.82, 2.24) is 20.4 Å². The SMILES string of the molecule is COc1cccc(C2CCN(Cc3nnc(C4CNC4)s3)CC2)c1.O=C(O)C(F)(F)F. The molecule has 4 rings (SSSR count). The fraction of sp³-hybridized carbons (Fsp3) is 0.550. The van der Waals surface area contributed by atoms with Crippen LogP contribution in [-0.2, 0) is 11.3 Å². The fourth-order valence-corrected chi connectivity index (χ4v) is 4.46. The zero-order chi connectivity index (χ0) is 22.4. The number of aromatic nitrogens is 2. The molecule has 2 aliphatic rings. The van der Waals surface area contributed by atoms with Crippen LogP contribution in [0.5, 0.6) is 5.75 Å². The maximum absolute atomic E-state index is 10.6. The Morgan fingerprint density at radius 3 is 2.48 bits per heavy atom. The molecule has 2 N–H and O–H groups in total. The summed E-state index contributed by atoms with van der Waals surface area (Å²) in [7, 11) is 1.73. The Morgan fingerprint density at radius 2 is 1.94 bits per heavy atom. The Balaban J connectivity index is 0.000000339. The zero-order valence-corrected chi connectivity index (χ0v) is 17.9. The van der Waals surface area contributed by atoms with Crippen molar-refractivity contribution in [2.45, 2.75) is 37.4 Å². The summed E-state index contributed by atoms with van der Waals surface area (Å²) in [6.07, 6.45) is -2.68. The van der Waals surface area contributed by atoms with Gasteiger partial charge in [-0.15, -0.1) is 10.2 Å². The number of benzene rings is 1. The Labute approximate surface area is 182 Å². The molecule has 11 heteroatoms. The van der Waals surface area contributed by atoms with Gasteiger partial charge < -0.3 is 15.2 Å². The van der Waals surface area contributed by atoms with E-state index in [0.717, 1.165) is 43.5 Å². The van der Waals surface area contributed by atoms with Gasteiger partial charge in [-0.25, -0.2) is 4.79 Å². The number of aliphatic carboxylic acids is 1. The van der Waals surface area contributed by atoms with Gasteiger partial charge >= 0.3 is 12.1 Å². The highest BCUT2D eigenvalue weighted by atomic mass is 32.1. The third kappa shape index (κ3) is 6.62. The van der Waals surface area contributed by atoms with Crippen molar-refractivity contribution in [3.8, 4) is 5.75 Å². The Bertz CT molecular complexity index is 865. The quantitative estimate of drug-likeness (QED) is 0.711. The van der Waals surface area contributed by atoms with Crippen LogP contribution in [-0.4, -0.2) is 65.6 Å². The number of carbonyl (C=O) groups is 1. The largest absolute Gasteiger partial charge is 0.497 e. The predicted molar refractivity (Wildman–Crippen MR) is 109 cm³/mol. The molecule has 7 nitrogen and oxygen atoms in total. The summed E-state index contributed by atoms with van der Waals surface area (Å²) in [5.74, 6) is -0.563. The average Bonchev–Trinajstić information content (AvgIpc) is 3.14. The summed E-state index contributed by atoms with van der Waals surface area (Å²) in [5.41, 5.74) is 1.41. The van der Waals surface area contributed by atoms with Crippen LogP contribution in [0.4, 0.5) is 13.2 Å². The van der Waals surface area contributed by atoms with Crippen molar-refractivity contribution < 1.29 is 27.8 Å². The number of hydrogen-bond acceptors (Lipinski definition) is 7. The second-order valence-electron chi connectivity index (χ2n) is 7.52. The van der Waals surface area contributed by atoms with Crippen LogP contribution in [0.1, 0.15) is 40.3 Å². The smallest absolute Gasteiger partial charge is 0.490 e. The third-order valence-electron chi connectivity index (χ3n) is 5.37. The molecule has 2 aliphatic heterocycles. The summed E-state index contributed by atoms with van der Waals surface area (Å²) in [6.45, 7) is 5.31. The molecule has 1 aromatic carbocycles. The molecule has 1 aromatic heterocycles. The van der Waals surface area contributed by atoms with Gasteiger partial charge in [0, 0.05) is 19.0 Å². The minimum absolute atomic E-state index is 0.593. The molecular formula is C20H25F3N4O3S. The van der Waals surface area contributed by atoms with Crippen LogP contribution in [0.3, 0.4) is 0 Å². The Morgan fingerprint density at radius 1 is 1.26 bits per heavy atom. The van der Waals surface area contributed by atoms with Gasteiger partial charge in [-0.2, -0.15) is 13.2 Å². The molecule has 2 fully saturated rings. The van der Waals surface area contributed by atoms with Gasteiger partial charge in [-0.3, -0.25) is 4.90 Å². The van der Waals surface area contributed by atoms with E-state index < -0.39 is 12.1 Å². The van der Waals surface area contributed by atoms with Gasteiger partial charge in [0.25, 0.3) is 0 Å². The molecule has 0 amide bonds. The van der Waals surface area contributed by atoms with Crippen molar-refractivity contribution in [1.29, 1.82) is 0 Å². The number of methoxy groups -OCH3 is 1. The lowest BCUT2D eigenvalue weighted by molar-refractivity contribution is -0.192. The predicted octanol–water partition coefficient (Wildman–Crippen LogP) is 3.25. The number of halogens is 3. The van der Waals surface area contributed by atoms with E-state index in [1.807, 2.05) is 6.07 Å². The summed E-state index contributed by atoms with van der Waals surface area (Å²) in [6, 6.07) is 8.53. The number of rotatable bonds is 5. The van der Waals surface area contributed by atoms with Crippen LogP contribution in [0.15, 0.2) is 24.3 Å². The number of carboxylic acid groups (broad SMARTS) is 1. The maximum Gasteiger partial charge on any atom is 0.490 e. The molecule has 31 heavy (non-hydrogen) atoms. The maximum atomic E-state index is 10.6. The number of ether oxygens (including phenoxy) is 1. The Hall–Kier alpha value is -2.24. The number of nitrogens with one attached hydrogen (secondary N) is 1. The minimum Gasteiger partial charge on any atom is -0.497 e. The molecule has 0 bridgehead atoms. The van der Waals surface area contributed by atoms with Crippen molar-refractivity contribution in [2.75, 3.05) is 33.3 Å². The van der Waals surface area contributed by atoms with Gasteiger partial charge in [0.2, 0.25) is 0 Å². The molecule has 0 unspecified atom stereocenters. The number of nitrogens with zero attached hydrogens (tertiary/aromatic N) is 3. The molecule has 2 saturated heterocycles. The highest BCUT2D eigenvalue weighted by molar-refractivity contribution is 7.11. The van der Waals surface area contributed by atoms with E-state index in [2.05, 4.69) is 38.6 Å². The summed E-state index contributed by atoms with van der Waals surface area (Å²) in [4.78, 5) is 11.4. The molecule has 0 atom stereocenters. The molecule has 0 spiro atoms. The van der Waals surface area contributed by atoms with E-state index in [4.69, 9.17) is 14.6 Å². The lowest BCUT2D eigenvalue weighted by Gasteiger charge is -2.31. The van der Waals surface area contributed by atoms with Gasteiger partial charge in [0.1, 0.15) is 15.8 Å².